The van der Waals surface area contributed by atoms with Gasteiger partial charge < -0.3 is 25.1 Å². The smallest absolute Gasteiger partial charge is 0.208 e. The third-order valence-electron chi connectivity index (χ3n) is 8.99. The molecule has 0 atom stereocenters. The van der Waals surface area contributed by atoms with Gasteiger partial charge in [0.25, 0.3) is 0 Å². The predicted octanol–water partition coefficient (Wildman–Crippen LogP) is 5.04. The lowest BCUT2D eigenvalue weighted by atomic mass is 9.89. The van der Waals surface area contributed by atoms with E-state index in [0.717, 1.165) is 57.7 Å². The van der Waals surface area contributed by atoms with Crippen molar-refractivity contribution in [2.45, 2.75) is 37.8 Å². The molecule has 0 unspecified atom stereocenters. The van der Waals surface area contributed by atoms with Crippen LogP contribution in [-0.2, 0) is 7.05 Å². The van der Waals surface area contributed by atoms with E-state index in [4.69, 9.17) is 15.7 Å². The molecular weight excluding hydrogens is 498 g/mol. The molecule has 5 aromatic rings. The zero-order valence-electron chi connectivity index (χ0n) is 23.3. The first-order valence-corrected chi connectivity index (χ1v) is 14.4. The van der Waals surface area contributed by atoms with Gasteiger partial charge in [-0.25, -0.2) is 15.0 Å². The summed E-state index contributed by atoms with van der Waals surface area (Å²) < 4.78 is 4.45. The number of aromatic nitrogens is 5. The molecule has 9 nitrogen and oxygen atoms in total. The lowest BCUT2D eigenvalue weighted by Crippen LogP contribution is -2.49. The molecule has 4 heterocycles. The van der Waals surface area contributed by atoms with Gasteiger partial charge in [-0.15, -0.1) is 0 Å². The molecule has 2 aliphatic rings. The number of nitrogens with one attached hydrogen (secondary N) is 1. The Morgan fingerprint density at radius 3 is 2.33 bits per heavy atom. The predicted molar refractivity (Wildman–Crippen MR) is 162 cm³/mol. The number of imidazole rings is 1. The Labute approximate surface area is 234 Å². The molecule has 7 rings (SSSR count). The van der Waals surface area contributed by atoms with Crippen LogP contribution in [0.4, 0.5) is 17.5 Å². The van der Waals surface area contributed by atoms with Crippen LogP contribution >= 0.6 is 0 Å². The molecule has 9 heteroatoms. The number of para-hydroxylation sites is 2. The van der Waals surface area contributed by atoms with Crippen molar-refractivity contribution in [1.82, 2.24) is 33.9 Å². The molecule has 0 spiro atoms. The highest BCUT2D eigenvalue weighted by Crippen LogP contribution is 2.39. The summed E-state index contributed by atoms with van der Waals surface area (Å²) in [5.41, 5.74) is 12.6. The maximum Gasteiger partial charge on any atom is 0.208 e. The van der Waals surface area contributed by atoms with E-state index >= 15 is 0 Å². The summed E-state index contributed by atoms with van der Waals surface area (Å²) in [6.45, 7) is 4.73. The Morgan fingerprint density at radius 2 is 1.57 bits per heavy atom. The number of fused-ring (bicyclic) bond motifs is 2. The van der Waals surface area contributed by atoms with Gasteiger partial charge in [-0.05, 0) is 62.6 Å². The van der Waals surface area contributed by atoms with E-state index in [0.29, 0.717) is 17.9 Å². The van der Waals surface area contributed by atoms with Crippen LogP contribution in [0.25, 0.3) is 33.2 Å². The molecule has 1 saturated heterocycles. The molecule has 40 heavy (non-hydrogen) atoms. The van der Waals surface area contributed by atoms with Crippen molar-refractivity contribution >= 4 is 39.5 Å². The number of nitrogens with two attached hydrogens (primary N) is 1. The number of rotatable bonds is 5. The minimum Gasteiger partial charge on any atom is -0.383 e. The molecule has 0 radical (unpaired) electrons. The summed E-state index contributed by atoms with van der Waals surface area (Å²) in [6.07, 6.45) is 8.62. The summed E-state index contributed by atoms with van der Waals surface area (Å²) in [6, 6.07) is 17.8. The number of hydrogen-bond donors (Lipinski definition) is 2. The standard InChI is InChI=1S/C31H37N9/c1-37-15-17-39(18-16-37)23-11-13-24(14-12-23)40-19-25(28-29(32)33-20-34-30(28)40)21-7-9-22(10-8-21)35-31-36-26-5-3-4-6-27(26)38(31)2/h3-10,19-20,23-24H,11-18H2,1-2H3,(H,35,36)(H2,32,33,34). The molecule has 1 aliphatic carbocycles. The number of anilines is 3. The quantitative estimate of drug-likeness (QED) is 0.326. The monoisotopic (exact) mass is 535 g/mol. The molecule has 2 fully saturated rings. The number of piperazine rings is 1. The molecule has 0 bridgehead atoms. The van der Waals surface area contributed by atoms with E-state index in [1.807, 2.05) is 25.2 Å². The van der Waals surface area contributed by atoms with Crippen molar-refractivity contribution in [3.05, 3.63) is 61.1 Å². The zero-order chi connectivity index (χ0) is 27.2. The summed E-state index contributed by atoms with van der Waals surface area (Å²) in [5, 5.41) is 4.41. The Kier molecular flexibility index (Phi) is 6.40. The van der Waals surface area contributed by atoms with Crippen molar-refractivity contribution in [1.29, 1.82) is 0 Å². The number of likely N-dealkylation sites (N-methyl/N-ethyl adjacent to an activating group) is 1. The molecule has 206 valence electrons. The molecule has 1 aliphatic heterocycles. The third kappa shape index (κ3) is 4.49. The SMILES string of the molecule is CN1CCN(C2CCC(n3cc(-c4ccc(Nc5nc6ccccc6n5C)cc4)c4c(N)ncnc43)CC2)CC1. The highest BCUT2D eigenvalue weighted by atomic mass is 15.3. The zero-order valence-corrected chi connectivity index (χ0v) is 23.3. The Balaban J connectivity index is 1.13. The van der Waals surface area contributed by atoms with Crippen molar-refractivity contribution in [2.75, 3.05) is 44.3 Å². The van der Waals surface area contributed by atoms with E-state index in [1.165, 1.54) is 39.0 Å². The van der Waals surface area contributed by atoms with Crippen LogP contribution in [0.5, 0.6) is 0 Å². The summed E-state index contributed by atoms with van der Waals surface area (Å²) >= 11 is 0. The van der Waals surface area contributed by atoms with Crippen molar-refractivity contribution in [3.63, 3.8) is 0 Å². The van der Waals surface area contributed by atoms with Crippen LogP contribution in [0.3, 0.4) is 0 Å². The molecular formula is C31H37N9. The summed E-state index contributed by atoms with van der Waals surface area (Å²) in [4.78, 5) is 19.0. The fourth-order valence-electron chi connectivity index (χ4n) is 6.61. The topological polar surface area (TPSA) is 93.1 Å². The second-order valence-electron chi connectivity index (χ2n) is 11.4. The fourth-order valence-corrected chi connectivity index (χ4v) is 6.61. The van der Waals surface area contributed by atoms with Gasteiger partial charge in [-0.2, -0.15) is 0 Å². The van der Waals surface area contributed by atoms with Crippen LogP contribution in [0, 0.1) is 0 Å². The minimum atomic E-state index is 0.424. The molecule has 0 amide bonds. The highest BCUT2D eigenvalue weighted by Gasteiger charge is 2.30. The maximum absolute atomic E-state index is 6.46. The van der Waals surface area contributed by atoms with Gasteiger partial charge in [0.05, 0.1) is 16.4 Å². The van der Waals surface area contributed by atoms with Gasteiger partial charge >= 0.3 is 0 Å². The maximum atomic E-state index is 6.46. The summed E-state index contributed by atoms with van der Waals surface area (Å²) in [7, 11) is 4.26. The van der Waals surface area contributed by atoms with Gasteiger partial charge in [0.2, 0.25) is 5.95 Å². The van der Waals surface area contributed by atoms with Gasteiger partial charge in [-0.1, -0.05) is 24.3 Å². The first kappa shape index (κ1) is 25.0. The van der Waals surface area contributed by atoms with Crippen LogP contribution in [0.1, 0.15) is 31.7 Å². The lowest BCUT2D eigenvalue weighted by Gasteiger charge is -2.41. The number of nitrogen functional groups attached to an aromatic ring is 1. The van der Waals surface area contributed by atoms with E-state index < -0.39 is 0 Å². The number of nitrogens with zero attached hydrogens (tertiary/aromatic N) is 7. The molecule has 3 aromatic heterocycles. The average Bonchev–Trinajstić information content (AvgIpc) is 3.53. The highest BCUT2D eigenvalue weighted by molar-refractivity contribution is 6.00. The van der Waals surface area contributed by atoms with Crippen LogP contribution < -0.4 is 11.1 Å². The van der Waals surface area contributed by atoms with Crippen LogP contribution in [0.2, 0.25) is 0 Å². The number of hydrogen-bond acceptors (Lipinski definition) is 7. The molecule has 3 N–H and O–H groups in total. The van der Waals surface area contributed by atoms with Crippen molar-refractivity contribution < 1.29 is 0 Å². The van der Waals surface area contributed by atoms with Gasteiger partial charge in [-0.3, -0.25) is 4.90 Å². The first-order chi connectivity index (χ1) is 19.5. The van der Waals surface area contributed by atoms with Gasteiger partial charge in [0.1, 0.15) is 17.8 Å². The van der Waals surface area contributed by atoms with Gasteiger partial charge in [0.15, 0.2) is 0 Å². The van der Waals surface area contributed by atoms with Crippen LogP contribution in [0.15, 0.2) is 61.1 Å². The van der Waals surface area contributed by atoms with E-state index in [-0.39, 0.29) is 0 Å². The Hall–Kier alpha value is -3.95. The van der Waals surface area contributed by atoms with Gasteiger partial charge in [0, 0.05) is 62.8 Å². The fraction of sp³-hybridized carbons (Fsp3) is 0.387. The second kappa shape index (κ2) is 10.2. The lowest BCUT2D eigenvalue weighted by molar-refractivity contribution is 0.0828. The van der Waals surface area contributed by atoms with E-state index in [1.54, 1.807) is 6.33 Å². The van der Waals surface area contributed by atoms with Crippen molar-refractivity contribution in [3.8, 4) is 11.1 Å². The normalized spacial score (nSPS) is 20.9. The minimum absolute atomic E-state index is 0.424. The molecule has 1 saturated carbocycles. The first-order valence-electron chi connectivity index (χ1n) is 14.4. The average molecular weight is 536 g/mol. The summed E-state index contributed by atoms with van der Waals surface area (Å²) in [5.74, 6) is 1.35. The van der Waals surface area contributed by atoms with Crippen LogP contribution in [-0.4, -0.2) is 73.2 Å². The Morgan fingerprint density at radius 1 is 0.850 bits per heavy atom. The largest absolute Gasteiger partial charge is 0.383 e. The third-order valence-corrected chi connectivity index (χ3v) is 8.99. The molecule has 2 aromatic carbocycles. The Bertz CT molecular complexity index is 1640. The number of benzene rings is 2. The van der Waals surface area contributed by atoms with E-state index in [2.05, 4.69) is 72.8 Å². The second-order valence-corrected chi connectivity index (χ2v) is 11.4. The number of aryl methyl sites for hydroxylation is 1. The van der Waals surface area contributed by atoms with Crippen molar-refractivity contribution in [2.24, 2.45) is 7.05 Å². The van der Waals surface area contributed by atoms with E-state index in [9.17, 15) is 0 Å².